The fourth-order valence-corrected chi connectivity index (χ4v) is 3.97. The molecule has 1 aliphatic heterocycles. The highest BCUT2D eigenvalue weighted by Crippen LogP contribution is 2.37. The summed E-state index contributed by atoms with van der Waals surface area (Å²) in [6.45, 7) is 0.315. The molecule has 3 heterocycles. The van der Waals surface area contributed by atoms with Crippen LogP contribution in [0, 0.1) is 5.82 Å². The molecule has 34 heavy (non-hydrogen) atoms. The van der Waals surface area contributed by atoms with E-state index in [0.717, 1.165) is 5.56 Å². The number of halogens is 1. The Morgan fingerprint density at radius 1 is 1.21 bits per heavy atom. The molecule has 174 valence electrons. The van der Waals surface area contributed by atoms with Gasteiger partial charge in [-0.05, 0) is 42.2 Å². The SMILES string of the molecule is CSc1nn(CC(=O)NCc2ccc(F)cc2)c(N)c1-c1nc(-c2ccc3c(c2)OCO3)no1. The molecule has 5 rings (SSSR count). The van der Waals surface area contributed by atoms with Crippen LogP contribution in [-0.2, 0) is 17.9 Å². The first kappa shape index (κ1) is 21.8. The van der Waals surface area contributed by atoms with Gasteiger partial charge in [0.1, 0.15) is 28.8 Å². The topological polar surface area (TPSA) is 130 Å². The highest BCUT2D eigenvalue weighted by molar-refractivity contribution is 7.98. The molecule has 0 unspecified atom stereocenters. The first-order valence-electron chi connectivity index (χ1n) is 10.2. The van der Waals surface area contributed by atoms with Crippen molar-refractivity contribution in [1.82, 2.24) is 25.2 Å². The Kier molecular flexibility index (Phi) is 5.80. The van der Waals surface area contributed by atoms with Crippen LogP contribution in [0.15, 0.2) is 52.0 Å². The standard InChI is InChI=1S/C22H19FN6O4S/c1-34-22-18(21-26-20(28-33-21)13-4-7-15-16(8-13)32-11-31-15)19(24)29(27-22)10-17(30)25-9-12-2-5-14(23)6-3-12/h2-8H,9-11,24H2,1H3,(H,25,30). The van der Waals surface area contributed by atoms with Crippen LogP contribution in [0.4, 0.5) is 10.2 Å². The quantitative estimate of drug-likeness (QED) is 0.382. The Hall–Kier alpha value is -4.06. The van der Waals surface area contributed by atoms with Crippen molar-refractivity contribution in [2.75, 3.05) is 18.8 Å². The summed E-state index contributed by atoms with van der Waals surface area (Å²) < 4.78 is 30.6. The molecule has 0 fully saturated rings. The third-order valence-electron chi connectivity index (χ3n) is 5.12. The number of hydrogen-bond donors (Lipinski definition) is 2. The molecule has 1 aliphatic rings. The first-order chi connectivity index (χ1) is 16.5. The Morgan fingerprint density at radius 2 is 2.00 bits per heavy atom. The normalized spacial score (nSPS) is 12.2. The van der Waals surface area contributed by atoms with Crippen LogP contribution in [0.2, 0.25) is 0 Å². The zero-order chi connectivity index (χ0) is 23.7. The van der Waals surface area contributed by atoms with Gasteiger partial charge >= 0.3 is 0 Å². The summed E-state index contributed by atoms with van der Waals surface area (Å²) in [5.41, 5.74) is 8.23. The number of nitrogens with one attached hydrogen (secondary N) is 1. The molecule has 0 saturated carbocycles. The summed E-state index contributed by atoms with van der Waals surface area (Å²) in [6.07, 6.45) is 1.83. The maximum Gasteiger partial charge on any atom is 0.264 e. The van der Waals surface area contributed by atoms with Crippen molar-refractivity contribution in [3.05, 3.63) is 53.8 Å². The first-order valence-corrected chi connectivity index (χ1v) is 11.4. The van der Waals surface area contributed by atoms with Crippen molar-refractivity contribution in [3.8, 4) is 34.3 Å². The van der Waals surface area contributed by atoms with E-state index in [2.05, 4.69) is 20.6 Å². The van der Waals surface area contributed by atoms with Crippen LogP contribution in [0.3, 0.4) is 0 Å². The number of carbonyl (C=O) groups excluding carboxylic acids is 1. The molecule has 0 radical (unpaired) electrons. The van der Waals surface area contributed by atoms with E-state index in [1.165, 1.54) is 28.6 Å². The van der Waals surface area contributed by atoms with E-state index in [9.17, 15) is 9.18 Å². The molecule has 2 aromatic carbocycles. The zero-order valence-corrected chi connectivity index (χ0v) is 18.8. The lowest BCUT2D eigenvalue weighted by molar-refractivity contribution is -0.122. The maximum atomic E-state index is 13.0. The van der Waals surface area contributed by atoms with Crippen molar-refractivity contribution in [2.24, 2.45) is 0 Å². The summed E-state index contributed by atoms with van der Waals surface area (Å²) in [5.74, 6) is 1.38. The van der Waals surface area contributed by atoms with Gasteiger partial charge in [-0.15, -0.1) is 11.8 Å². The van der Waals surface area contributed by atoms with E-state index in [1.807, 2.05) is 6.26 Å². The Bertz CT molecular complexity index is 1350. The van der Waals surface area contributed by atoms with Crippen LogP contribution >= 0.6 is 11.8 Å². The van der Waals surface area contributed by atoms with Crippen molar-refractivity contribution in [3.63, 3.8) is 0 Å². The van der Waals surface area contributed by atoms with E-state index in [-0.39, 0.29) is 43.3 Å². The third-order valence-corrected chi connectivity index (χ3v) is 5.79. The average molecular weight is 482 g/mol. The number of aromatic nitrogens is 4. The highest BCUT2D eigenvalue weighted by Gasteiger charge is 2.24. The predicted molar refractivity (Wildman–Crippen MR) is 122 cm³/mol. The molecule has 3 N–H and O–H groups in total. The fraction of sp³-hybridized carbons (Fsp3) is 0.182. The number of nitrogen functional groups attached to an aromatic ring is 1. The smallest absolute Gasteiger partial charge is 0.264 e. The number of nitrogens with zero attached hydrogens (tertiary/aromatic N) is 4. The van der Waals surface area contributed by atoms with Crippen LogP contribution < -0.4 is 20.5 Å². The molecule has 0 aliphatic carbocycles. The third kappa shape index (κ3) is 4.27. The Balaban J connectivity index is 1.33. The van der Waals surface area contributed by atoms with Crippen molar-refractivity contribution < 1.29 is 23.2 Å². The Morgan fingerprint density at radius 3 is 2.79 bits per heavy atom. The van der Waals surface area contributed by atoms with Gasteiger partial charge in [-0.25, -0.2) is 9.07 Å². The van der Waals surface area contributed by atoms with Gasteiger partial charge in [0.05, 0.1) is 0 Å². The molecule has 2 aromatic heterocycles. The van der Waals surface area contributed by atoms with Gasteiger partial charge in [0.15, 0.2) is 11.5 Å². The fourth-order valence-electron chi connectivity index (χ4n) is 3.39. The average Bonchev–Trinajstić information content (AvgIpc) is 3.57. The molecule has 10 nitrogen and oxygen atoms in total. The molecule has 0 atom stereocenters. The van der Waals surface area contributed by atoms with E-state index < -0.39 is 0 Å². The number of nitrogens with two attached hydrogens (primary N) is 1. The zero-order valence-electron chi connectivity index (χ0n) is 17.9. The van der Waals surface area contributed by atoms with Crippen LogP contribution in [0.5, 0.6) is 11.5 Å². The minimum absolute atomic E-state index is 0.107. The molecule has 0 spiro atoms. The minimum atomic E-state index is -0.334. The second kappa shape index (κ2) is 9.06. The summed E-state index contributed by atoms with van der Waals surface area (Å²) in [4.78, 5) is 16.9. The molecule has 1 amide bonds. The van der Waals surface area contributed by atoms with Gasteiger partial charge in [-0.1, -0.05) is 17.3 Å². The number of anilines is 1. The van der Waals surface area contributed by atoms with Gasteiger partial charge < -0.3 is 25.0 Å². The number of carbonyl (C=O) groups is 1. The maximum absolute atomic E-state index is 13.0. The largest absolute Gasteiger partial charge is 0.454 e. The predicted octanol–water partition coefficient (Wildman–Crippen LogP) is 3.09. The molecule has 4 aromatic rings. The summed E-state index contributed by atoms with van der Waals surface area (Å²) in [6, 6.07) is 11.2. The number of ether oxygens (including phenoxy) is 2. The van der Waals surface area contributed by atoms with E-state index in [0.29, 0.717) is 33.5 Å². The van der Waals surface area contributed by atoms with Crippen molar-refractivity contribution in [2.45, 2.75) is 18.1 Å². The van der Waals surface area contributed by atoms with Crippen molar-refractivity contribution >= 4 is 23.5 Å². The number of amides is 1. The van der Waals surface area contributed by atoms with Crippen LogP contribution in [0.25, 0.3) is 22.8 Å². The van der Waals surface area contributed by atoms with Gasteiger partial charge in [0, 0.05) is 12.1 Å². The van der Waals surface area contributed by atoms with Crippen LogP contribution in [-0.4, -0.2) is 38.9 Å². The molecular formula is C22H19FN6O4S. The minimum Gasteiger partial charge on any atom is -0.454 e. The summed E-state index contributed by atoms with van der Waals surface area (Å²) in [7, 11) is 0. The van der Waals surface area contributed by atoms with Gasteiger partial charge in [0.25, 0.3) is 5.89 Å². The second-order valence-electron chi connectivity index (χ2n) is 7.32. The molecule has 12 heteroatoms. The molecule has 0 bridgehead atoms. The summed E-state index contributed by atoms with van der Waals surface area (Å²) in [5, 5.41) is 11.8. The highest BCUT2D eigenvalue weighted by atomic mass is 32.2. The lowest BCUT2D eigenvalue weighted by atomic mass is 10.2. The lowest BCUT2D eigenvalue weighted by Crippen LogP contribution is -2.28. The van der Waals surface area contributed by atoms with Gasteiger partial charge in [-0.3, -0.25) is 4.79 Å². The summed E-state index contributed by atoms with van der Waals surface area (Å²) >= 11 is 1.34. The molecule has 0 saturated heterocycles. The Labute approximate surface area is 197 Å². The van der Waals surface area contributed by atoms with E-state index in [4.69, 9.17) is 19.7 Å². The van der Waals surface area contributed by atoms with E-state index >= 15 is 0 Å². The number of thioether (sulfide) groups is 1. The van der Waals surface area contributed by atoms with Crippen molar-refractivity contribution in [1.29, 1.82) is 0 Å². The van der Waals surface area contributed by atoms with Gasteiger partial charge in [-0.2, -0.15) is 10.1 Å². The van der Waals surface area contributed by atoms with Crippen LogP contribution in [0.1, 0.15) is 5.56 Å². The monoisotopic (exact) mass is 482 g/mol. The number of benzene rings is 2. The second-order valence-corrected chi connectivity index (χ2v) is 8.12. The lowest BCUT2D eigenvalue weighted by Gasteiger charge is -2.07. The number of rotatable bonds is 7. The number of hydrogen-bond acceptors (Lipinski definition) is 9. The molecular weight excluding hydrogens is 463 g/mol. The number of fused-ring (bicyclic) bond motifs is 1. The van der Waals surface area contributed by atoms with Gasteiger partial charge in [0.2, 0.25) is 18.5 Å². The van der Waals surface area contributed by atoms with E-state index in [1.54, 1.807) is 30.3 Å².